The largest absolute Gasteiger partial charge is 0.367 e. The Kier molecular flexibility index (Phi) is 6.49. The second-order valence-corrected chi connectivity index (χ2v) is 5.90. The lowest BCUT2D eigenvalue weighted by Crippen LogP contribution is -2.43. The van der Waals surface area contributed by atoms with Crippen molar-refractivity contribution >= 4 is 17.5 Å². The number of piperidine rings is 1. The average Bonchev–Trinajstić information content (AvgIpc) is 2.50. The van der Waals surface area contributed by atoms with Crippen LogP contribution in [0.4, 0.5) is 0 Å². The van der Waals surface area contributed by atoms with Crippen LogP contribution in [0.25, 0.3) is 0 Å². The molecule has 5 heteroatoms. The van der Waals surface area contributed by atoms with Crippen LogP contribution in [0.15, 0.2) is 24.3 Å². The molecule has 0 saturated carbocycles. The fourth-order valence-corrected chi connectivity index (χ4v) is 2.89. The zero-order valence-corrected chi connectivity index (χ0v) is 13.2. The number of hydrogen-bond donors (Lipinski definition) is 1. The summed E-state index contributed by atoms with van der Waals surface area (Å²) in [4.78, 5) is 14.1. The third-order valence-corrected chi connectivity index (χ3v) is 4.17. The van der Waals surface area contributed by atoms with Crippen LogP contribution in [0.3, 0.4) is 0 Å². The first-order valence-electron chi connectivity index (χ1n) is 7.44. The van der Waals surface area contributed by atoms with E-state index >= 15 is 0 Å². The molecule has 116 valence electrons. The van der Waals surface area contributed by atoms with Gasteiger partial charge in [-0.2, -0.15) is 0 Å². The summed E-state index contributed by atoms with van der Waals surface area (Å²) in [7, 11) is 1.95. The van der Waals surface area contributed by atoms with E-state index in [1.54, 1.807) is 0 Å². The lowest BCUT2D eigenvalue weighted by atomic mass is 9.98. The van der Waals surface area contributed by atoms with E-state index in [-0.39, 0.29) is 12.5 Å². The van der Waals surface area contributed by atoms with E-state index in [0.29, 0.717) is 17.5 Å². The Hall–Kier alpha value is -1.10. The van der Waals surface area contributed by atoms with Crippen molar-refractivity contribution in [2.45, 2.75) is 19.4 Å². The minimum atomic E-state index is 0.0721. The summed E-state index contributed by atoms with van der Waals surface area (Å²) in [6.07, 6.45) is 2.26. The Labute approximate surface area is 131 Å². The molecule has 0 radical (unpaired) electrons. The summed E-state index contributed by atoms with van der Waals surface area (Å²) in [6, 6.07) is 7.54. The molecule has 0 aromatic heterocycles. The lowest BCUT2D eigenvalue weighted by molar-refractivity contribution is -0.138. The van der Waals surface area contributed by atoms with E-state index in [1.807, 2.05) is 36.2 Å². The van der Waals surface area contributed by atoms with Crippen LogP contribution in [0.1, 0.15) is 18.4 Å². The molecule has 0 bridgehead atoms. The highest BCUT2D eigenvalue weighted by atomic mass is 35.5. The smallest absolute Gasteiger partial charge is 0.248 e. The molecule has 1 heterocycles. The summed E-state index contributed by atoms with van der Waals surface area (Å²) < 4.78 is 5.52. The van der Waals surface area contributed by atoms with Gasteiger partial charge in [0.05, 0.1) is 6.61 Å². The zero-order chi connectivity index (χ0) is 15.1. The summed E-state index contributed by atoms with van der Waals surface area (Å²) in [5, 5.41) is 3.86. The fraction of sp³-hybridized carbons (Fsp3) is 0.562. The van der Waals surface area contributed by atoms with E-state index in [2.05, 4.69) is 5.32 Å². The molecule has 1 aliphatic heterocycles. The SMILES string of the molecule is CNC[C@H]1CCCN(C(=O)COCc2ccccc2Cl)C1. The predicted octanol–water partition coefficient (Wildman–Crippen LogP) is 2.31. The van der Waals surface area contributed by atoms with E-state index in [4.69, 9.17) is 16.3 Å². The molecule has 1 atom stereocenters. The number of carbonyl (C=O) groups is 1. The van der Waals surface area contributed by atoms with Crippen LogP contribution in [0.2, 0.25) is 5.02 Å². The maximum absolute atomic E-state index is 12.2. The van der Waals surface area contributed by atoms with Gasteiger partial charge in [-0.15, -0.1) is 0 Å². The maximum atomic E-state index is 12.2. The quantitative estimate of drug-likeness (QED) is 0.877. The monoisotopic (exact) mass is 310 g/mol. The van der Waals surface area contributed by atoms with Crippen molar-refractivity contribution in [2.75, 3.05) is 33.3 Å². The Morgan fingerprint density at radius 1 is 1.48 bits per heavy atom. The topological polar surface area (TPSA) is 41.6 Å². The Morgan fingerprint density at radius 2 is 2.29 bits per heavy atom. The van der Waals surface area contributed by atoms with Gasteiger partial charge in [-0.25, -0.2) is 0 Å². The molecular weight excluding hydrogens is 288 g/mol. The lowest BCUT2D eigenvalue weighted by Gasteiger charge is -2.32. The van der Waals surface area contributed by atoms with Gasteiger partial charge in [0, 0.05) is 18.1 Å². The number of hydrogen-bond acceptors (Lipinski definition) is 3. The van der Waals surface area contributed by atoms with Gasteiger partial charge in [0.2, 0.25) is 5.91 Å². The molecular formula is C16H23ClN2O2. The second-order valence-electron chi connectivity index (χ2n) is 5.49. The Bertz CT molecular complexity index is 465. The van der Waals surface area contributed by atoms with Crippen LogP contribution >= 0.6 is 11.6 Å². The second kappa shape index (κ2) is 8.37. The molecule has 1 aliphatic rings. The molecule has 1 saturated heterocycles. The van der Waals surface area contributed by atoms with Crippen molar-refractivity contribution in [3.8, 4) is 0 Å². The number of rotatable bonds is 6. The molecule has 0 spiro atoms. The number of nitrogens with one attached hydrogen (secondary N) is 1. The average molecular weight is 311 g/mol. The maximum Gasteiger partial charge on any atom is 0.248 e. The first-order chi connectivity index (χ1) is 10.2. The number of ether oxygens (including phenoxy) is 1. The number of benzene rings is 1. The van der Waals surface area contributed by atoms with E-state index < -0.39 is 0 Å². The minimum absolute atomic E-state index is 0.0721. The predicted molar refractivity (Wildman–Crippen MR) is 84.3 cm³/mol. The van der Waals surface area contributed by atoms with E-state index in [0.717, 1.165) is 31.6 Å². The summed E-state index contributed by atoms with van der Waals surface area (Å²) in [5.41, 5.74) is 0.915. The van der Waals surface area contributed by atoms with Crippen molar-refractivity contribution in [3.05, 3.63) is 34.9 Å². The first-order valence-corrected chi connectivity index (χ1v) is 7.82. The van der Waals surface area contributed by atoms with Gasteiger partial charge in [0.1, 0.15) is 6.61 Å². The molecule has 1 amide bonds. The fourth-order valence-electron chi connectivity index (χ4n) is 2.70. The molecule has 0 unspecified atom stereocenters. The molecule has 1 aromatic rings. The van der Waals surface area contributed by atoms with Crippen LogP contribution < -0.4 is 5.32 Å². The van der Waals surface area contributed by atoms with Gasteiger partial charge in [0.15, 0.2) is 0 Å². The van der Waals surface area contributed by atoms with Crippen LogP contribution in [-0.4, -0.2) is 44.1 Å². The normalized spacial score (nSPS) is 18.8. The molecule has 21 heavy (non-hydrogen) atoms. The van der Waals surface area contributed by atoms with Crippen molar-refractivity contribution in [1.82, 2.24) is 10.2 Å². The van der Waals surface area contributed by atoms with Crippen LogP contribution in [0.5, 0.6) is 0 Å². The van der Waals surface area contributed by atoms with E-state index in [1.165, 1.54) is 6.42 Å². The van der Waals surface area contributed by atoms with Crippen molar-refractivity contribution in [3.63, 3.8) is 0 Å². The van der Waals surface area contributed by atoms with Crippen LogP contribution in [-0.2, 0) is 16.1 Å². The first kappa shape index (κ1) is 16.3. The van der Waals surface area contributed by atoms with Gasteiger partial charge in [-0.1, -0.05) is 29.8 Å². The summed E-state index contributed by atoms with van der Waals surface area (Å²) in [6.45, 7) is 3.13. The Balaban J connectivity index is 1.75. The third kappa shape index (κ3) is 4.99. The van der Waals surface area contributed by atoms with Gasteiger partial charge < -0.3 is 15.0 Å². The number of likely N-dealkylation sites (tertiary alicyclic amines) is 1. The number of nitrogens with zero attached hydrogens (tertiary/aromatic N) is 1. The number of amides is 1. The van der Waals surface area contributed by atoms with Gasteiger partial charge in [-0.05, 0) is 44.0 Å². The molecule has 4 nitrogen and oxygen atoms in total. The third-order valence-electron chi connectivity index (χ3n) is 3.81. The van der Waals surface area contributed by atoms with Gasteiger partial charge >= 0.3 is 0 Å². The van der Waals surface area contributed by atoms with Crippen molar-refractivity contribution in [1.29, 1.82) is 0 Å². The minimum Gasteiger partial charge on any atom is -0.367 e. The summed E-state index contributed by atoms with van der Waals surface area (Å²) >= 11 is 6.06. The number of halogens is 1. The molecule has 0 aliphatic carbocycles. The molecule has 1 fully saturated rings. The molecule has 1 aromatic carbocycles. The summed E-state index contributed by atoms with van der Waals surface area (Å²) in [5.74, 6) is 0.624. The Morgan fingerprint density at radius 3 is 3.05 bits per heavy atom. The zero-order valence-electron chi connectivity index (χ0n) is 12.5. The van der Waals surface area contributed by atoms with Gasteiger partial charge in [0.25, 0.3) is 0 Å². The van der Waals surface area contributed by atoms with Crippen molar-refractivity contribution < 1.29 is 9.53 Å². The van der Waals surface area contributed by atoms with E-state index in [9.17, 15) is 4.79 Å². The number of carbonyl (C=O) groups excluding carboxylic acids is 1. The highest BCUT2D eigenvalue weighted by molar-refractivity contribution is 6.31. The molecule has 2 rings (SSSR count). The highest BCUT2D eigenvalue weighted by Gasteiger charge is 2.23. The van der Waals surface area contributed by atoms with Crippen LogP contribution in [0, 0.1) is 5.92 Å². The highest BCUT2D eigenvalue weighted by Crippen LogP contribution is 2.17. The van der Waals surface area contributed by atoms with Crippen molar-refractivity contribution in [2.24, 2.45) is 5.92 Å². The standard InChI is InChI=1S/C16H23ClN2O2/c1-18-9-13-5-4-8-19(10-13)16(20)12-21-11-14-6-2-3-7-15(14)17/h2-3,6-7,13,18H,4-5,8-12H2,1H3/t13-/m1/s1. The molecule has 1 N–H and O–H groups in total. The van der Waals surface area contributed by atoms with Gasteiger partial charge in [-0.3, -0.25) is 4.79 Å².